The van der Waals surface area contributed by atoms with E-state index in [9.17, 15) is 9.59 Å². The summed E-state index contributed by atoms with van der Waals surface area (Å²) in [6.07, 6.45) is 7.50. The lowest BCUT2D eigenvalue weighted by Crippen LogP contribution is -2.17. The van der Waals surface area contributed by atoms with Crippen LogP contribution >= 0.6 is 0 Å². The fourth-order valence-corrected chi connectivity index (χ4v) is 4.56. The van der Waals surface area contributed by atoms with E-state index in [0.29, 0.717) is 24.7 Å². The summed E-state index contributed by atoms with van der Waals surface area (Å²) in [4.78, 5) is 24.9. The van der Waals surface area contributed by atoms with Gasteiger partial charge in [-0.1, -0.05) is 83.7 Å². The number of aryl methyl sites for hydroxylation is 2. The summed E-state index contributed by atoms with van der Waals surface area (Å²) >= 11 is 0. The van der Waals surface area contributed by atoms with Gasteiger partial charge in [-0.05, 0) is 42.9 Å². The third-order valence-electron chi connectivity index (χ3n) is 6.68. The lowest BCUT2D eigenvalue weighted by molar-refractivity contribution is -0.147. The van der Waals surface area contributed by atoms with Crippen LogP contribution in [0.2, 0.25) is 0 Å². The van der Waals surface area contributed by atoms with Crippen molar-refractivity contribution in [2.45, 2.75) is 79.1 Å². The van der Waals surface area contributed by atoms with Crippen molar-refractivity contribution in [3.05, 3.63) is 47.5 Å². The van der Waals surface area contributed by atoms with Gasteiger partial charge < -0.3 is 18.9 Å². The zero-order valence-corrected chi connectivity index (χ0v) is 23.4. The molecule has 0 amide bonds. The third kappa shape index (κ3) is 7.62. The van der Waals surface area contributed by atoms with Crippen LogP contribution in [0.5, 0.6) is 11.5 Å². The van der Waals surface area contributed by atoms with Gasteiger partial charge in [0.15, 0.2) is 13.2 Å². The fourth-order valence-electron chi connectivity index (χ4n) is 4.56. The van der Waals surface area contributed by atoms with E-state index in [1.165, 1.54) is 0 Å². The maximum Gasteiger partial charge on any atom is 0.344 e. The highest BCUT2D eigenvalue weighted by atomic mass is 16.6. The standard InChI is InChI=1S/C32H42O6/c1-5-9-11-18-35-28(33)21-37-31-26-15-13-14-24(8-4)30(26)32(25-17-16-23(7-3)20-27(25)31)38-22-29(34)36-19-12-10-6-2/h13-17,20H,5-12,18-19,21-22H2,1-4H3. The van der Waals surface area contributed by atoms with E-state index >= 15 is 0 Å². The number of benzene rings is 3. The first kappa shape index (κ1) is 29.3. The number of hydrogen-bond acceptors (Lipinski definition) is 6. The molecule has 3 rings (SSSR count). The normalized spacial score (nSPS) is 11.1. The van der Waals surface area contributed by atoms with Crippen molar-refractivity contribution in [3.8, 4) is 11.5 Å². The SMILES string of the molecule is CCCCCOC(=O)COc1c2cc(CC)ccc2c(OCC(=O)OCCCCC)c2c(CC)cccc12. The second-order valence-electron chi connectivity index (χ2n) is 9.52. The molecule has 0 aliphatic carbocycles. The van der Waals surface area contributed by atoms with E-state index in [0.717, 1.165) is 84.0 Å². The molecular formula is C32H42O6. The van der Waals surface area contributed by atoms with Gasteiger partial charge in [-0.15, -0.1) is 0 Å². The third-order valence-corrected chi connectivity index (χ3v) is 6.68. The van der Waals surface area contributed by atoms with Crippen LogP contribution < -0.4 is 9.47 Å². The summed E-state index contributed by atoms with van der Waals surface area (Å²) in [6, 6.07) is 12.2. The predicted molar refractivity (Wildman–Crippen MR) is 152 cm³/mol. The Morgan fingerprint density at radius 1 is 0.658 bits per heavy atom. The Bertz CT molecular complexity index is 1210. The first-order chi connectivity index (χ1) is 18.5. The summed E-state index contributed by atoms with van der Waals surface area (Å²) in [7, 11) is 0. The number of hydrogen-bond donors (Lipinski definition) is 0. The van der Waals surface area contributed by atoms with E-state index < -0.39 is 0 Å². The molecule has 6 nitrogen and oxygen atoms in total. The lowest BCUT2D eigenvalue weighted by atomic mass is 9.94. The molecule has 0 aromatic heterocycles. The smallest absolute Gasteiger partial charge is 0.344 e. The zero-order valence-electron chi connectivity index (χ0n) is 23.4. The quantitative estimate of drug-likeness (QED) is 0.111. The van der Waals surface area contributed by atoms with Crippen LogP contribution in [0, 0.1) is 0 Å². The Balaban J connectivity index is 1.99. The van der Waals surface area contributed by atoms with Gasteiger partial charge in [-0.3, -0.25) is 0 Å². The van der Waals surface area contributed by atoms with Gasteiger partial charge in [-0.25, -0.2) is 9.59 Å². The number of fused-ring (bicyclic) bond motifs is 2. The predicted octanol–water partition coefficient (Wildman–Crippen LogP) is 7.34. The molecule has 0 N–H and O–H groups in total. The van der Waals surface area contributed by atoms with E-state index in [2.05, 4.69) is 45.9 Å². The van der Waals surface area contributed by atoms with E-state index in [4.69, 9.17) is 18.9 Å². The average Bonchev–Trinajstić information content (AvgIpc) is 2.94. The number of carbonyl (C=O) groups excluding carboxylic acids is 2. The van der Waals surface area contributed by atoms with Crippen LogP contribution in [0.15, 0.2) is 36.4 Å². The van der Waals surface area contributed by atoms with Gasteiger partial charge >= 0.3 is 11.9 Å². The summed E-state index contributed by atoms with van der Waals surface area (Å²) in [5.74, 6) is 0.496. The number of unbranched alkanes of at least 4 members (excludes halogenated alkanes) is 4. The minimum atomic E-state index is -0.383. The lowest BCUT2D eigenvalue weighted by Gasteiger charge is -2.20. The van der Waals surface area contributed by atoms with Crippen molar-refractivity contribution in [1.29, 1.82) is 0 Å². The summed E-state index contributed by atoms with van der Waals surface area (Å²) in [5, 5.41) is 3.41. The fraction of sp³-hybridized carbons (Fsp3) is 0.500. The Labute approximate surface area is 226 Å². The molecule has 0 radical (unpaired) electrons. The minimum absolute atomic E-state index is 0.172. The second kappa shape index (κ2) is 15.2. The Hall–Kier alpha value is -3.28. The number of esters is 2. The maximum atomic E-state index is 12.5. The van der Waals surface area contributed by atoms with Gasteiger partial charge in [0.1, 0.15) is 11.5 Å². The molecule has 0 unspecified atom stereocenters. The first-order valence-corrected chi connectivity index (χ1v) is 14.1. The highest BCUT2D eigenvalue weighted by Crippen LogP contribution is 2.44. The summed E-state index contributed by atoms with van der Waals surface area (Å²) in [6.45, 7) is 8.86. The summed E-state index contributed by atoms with van der Waals surface area (Å²) in [5.41, 5.74) is 2.21. The van der Waals surface area contributed by atoms with E-state index in [-0.39, 0.29) is 25.2 Å². The molecule has 3 aromatic carbocycles. The van der Waals surface area contributed by atoms with E-state index in [1.807, 2.05) is 18.2 Å². The van der Waals surface area contributed by atoms with Crippen LogP contribution in [0.1, 0.15) is 77.3 Å². The molecule has 206 valence electrons. The van der Waals surface area contributed by atoms with Crippen LogP contribution in [0.4, 0.5) is 0 Å². The number of rotatable bonds is 16. The Morgan fingerprint density at radius 2 is 1.29 bits per heavy atom. The molecule has 0 saturated carbocycles. The van der Waals surface area contributed by atoms with Crippen LogP contribution in [0.3, 0.4) is 0 Å². The molecule has 0 aliphatic heterocycles. The van der Waals surface area contributed by atoms with E-state index in [1.54, 1.807) is 0 Å². The molecule has 0 bridgehead atoms. The van der Waals surface area contributed by atoms with Gasteiger partial charge in [-0.2, -0.15) is 0 Å². The van der Waals surface area contributed by atoms with Gasteiger partial charge in [0.05, 0.1) is 13.2 Å². The zero-order chi connectivity index (χ0) is 27.3. The maximum absolute atomic E-state index is 12.5. The van der Waals surface area contributed by atoms with Crippen molar-refractivity contribution < 1.29 is 28.5 Å². The number of carbonyl (C=O) groups is 2. The Morgan fingerprint density at radius 3 is 1.87 bits per heavy atom. The first-order valence-electron chi connectivity index (χ1n) is 14.1. The molecule has 0 fully saturated rings. The van der Waals surface area contributed by atoms with Gasteiger partial charge in [0.25, 0.3) is 0 Å². The topological polar surface area (TPSA) is 71.1 Å². The van der Waals surface area contributed by atoms with Crippen LogP contribution in [-0.4, -0.2) is 38.4 Å². The molecule has 0 saturated heterocycles. The monoisotopic (exact) mass is 522 g/mol. The van der Waals surface area contributed by atoms with Crippen molar-refractivity contribution >= 4 is 33.5 Å². The number of ether oxygens (including phenoxy) is 4. The summed E-state index contributed by atoms with van der Waals surface area (Å²) < 4.78 is 23.1. The van der Waals surface area contributed by atoms with Crippen molar-refractivity contribution in [1.82, 2.24) is 0 Å². The van der Waals surface area contributed by atoms with Gasteiger partial charge in [0, 0.05) is 21.5 Å². The highest BCUT2D eigenvalue weighted by molar-refractivity contribution is 6.12. The molecule has 0 spiro atoms. The Kier molecular flexibility index (Phi) is 11.7. The largest absolute Gasteiger partial charge is 0.481 e. The second-order valence-corrected chi connectivity index (χ2v) is 9.52. The highest BCUT2D eigenvalue weighted by Gasteiger charge is 2.21. The average molecular weight is 523 g/mol. The van der Waals surface area contributed by atoms with Gasteiger partial charge in [0.2, 0.25) is 0 Å². The molecule has 3 aromatic rings. The van der Waals surface area contributed by atoms with Crippen LogP contribution in [0.25, 0.3) is 21.5 Å². The van der Waals surface area contributed by atoms with Crippen molar-refractivity contribution in [2.75, 3.05) is 26.4 Å². The minimum Gasteiger partial charge on any atom is -0.481 e. The molecule has 0 aliphatic rings. The molecule has 6 heteroatoms. The molecule has 38 heavy (non-hydrogen) atoms. The van der Waals surface area contributed by atoms with Crippen molar-refractivity contribution in [3.63, 3.8) is 0 Å². The molecular weight excluding hydrogens is 480 g/mol. The molecule has 0 atom stereocenters. The molecule has 0 heterocycles. The van der Waals surface area contributed by atoms with Crippen LogP contribution in [-0.2, 0) is 31.9 Å². The van der Waals surface area contributed by atoms with Crippen molar-refractivity contribution in [2.24, 2.45) is 0 Å².